The van der Waals surface area contributed by atoms with E-state index in [2.05, 4.69) is 90.4 Å². The number of amides is 1. The second-order valence-corrected chi connectivity index (χ2v) is 9.59. The van der Waals surface area contributed by atoms with E-state index < -0.39 is 0 Å². The molecule has 3 atom stereocenters. The van der Waals surface area contributed by atoms with Crippen LogP contribution >= 0.6 is 0 Å². The highest BCUT2D eigenvalue weighted by atomic mass is 16.1. The maximum atomic E-state index is 13.2. The number of carbonyl (C=O) groups excluding carboxylic acids is 1. The second kappa shape index (κ2) is 8.64. The standard InChI is InChI=1S/C31H30N2O/c1-2-3-18-32-31(34)27-17-9-15-25-24-14-8-16-26(24)30(33-29(25)27)28-22-12-6-4-10-20(22)19-21-11-5-7-13-23(21)28/h4-15,17,19,24,26,30,33H,2-3,16,18H2,1H3,(H,32,34). The molecule has 0 radical (unpaired) electrons. The first-order valence-corrected chi connectivity index (χ1v) is 12.5. The third kappa shape index (κ3) is 3.38. The normalized spacial score (nSPS) is 20.7. The smallest absolute Gasteiger partial charge is 0.253 e. The van der Waals surface area contributed by atoms with Gasteiger partial charge in [0.1, 0.15) is 0 Å². The zero-order valence-electron chi connectivity index (χ0n) is 19.6. The Morgan fingerprint density at radius 2 is 1.71 bits per heavy atom. The van der Waals surface area contributed by atoms with E-state index in [1.54, 1.807) is 0 Å². The van der Waals surface area contributed by atoms with Crippen LogP contribution in [-0.4, -0.2) is 12.5 Å². The van der Waals surface area contributed by atoms with Gasteiger partial charge in [0.25, 0.3) is 5.91 Å². The van der Waals surface area contributed by atoms with Crippen LogP contribution in [0.4, 0.5) is 5.69 Å². The van der Waals surface area contributed by atoms with Crippen molar-refractivity contribution in [2.24, 2.45) is 5.92 Å². The summed E-state index contributed by atoms with van der Waals surface area (Å²) in [6.07, 6.45) is 7.76. The molecule has 0 aromatic heterocycles. The summed E-state index contributed by atoms with van der Waals surface area (Å²) in [6.45, 7) is 2.85. The predicted octanol–water partition coefficient (Wildman–Crippen LogP) is 7.35. The number of unbranched alkanes of at least 4 members (excludes halogenated alkanes) is 1. The van der Waals surface area contributed by atoms with E-state index in [-0.39, 0.29) is 11.9 Å². The fourth-order valence-corrected chi connectivity index (χ4v) is 5.95. The number of benzene rings is 4. The molecule has 1 aliphatic heterocycles. The van der Waals surface area contributed by atoms with Gasteiger partial charge in [0.15, 0.2) is 0 Å². The summed E-state index contributed by atoms with van der Waals surface area (Å²) in [7, 11) is 0. The van der Waals surface area contributed by atoms with Crippen LogP contribution in [0, 0.1) is 5.92 Å². The van der Waals surface area contributed by atoms with Gasteiger partial charge in [0, 0.05) is 12.5 Å². The molecule has 2 N–H and O–H groups in total. The summed E-state index contributed by atoms with van der Waals surface area (Å²) in [4.78, 5) is 13.2. The van der Waals surface area contributed by atoms with Crippen LogP contribution in [0.3, 0.4) is 0 Å². The Kier molecular flexibility index (Phi) is 5.33. The van der Waals surface area contributed by atoms with Crippen LogP contribution < -0.4 is 10.6 Å². The molecule has 1 amide bonds. The first kappa shape index (κ1) is 21.0. The molecule has 0 saturated heterocycles. The van der Waals surface area contributed by atoms with E-state index in [9.17, 15) is 4.79 Å². The summed E-state index contributed by atoms with van der Waals surface area (Å²) < 4.78 is 0. The molecular formula is C31H30N2O. The molecule has 0 spiro atoms. The number of para-hydroxylation sites is 1. The molecule has 0 saturated carbocycles. The third-order valence-corrected chi connectivity index (χ3v) is 7.58. The van der Waals surface area contributed by atoms with Gasteiger partial charge in [-0.25, -0.2) is 0 Å². The number of carbonyl (C=O) groups is 1. The monoisotopic (exact) mass is 446 g/mol. The van der Waals surface area contributed by atoms with Crippen molar-refractivity contribution in [1.82, 2.24) is 5.32 Å². The van der Waals surface area contributed by atoms with Crippen molar-refractivity contribution in [1.29, 1.82) is 0 Å². The third-order valence-electron chi connectivity index (χ3n) is 7.58. The van der Waals surface area contributed by atoms with Crippen molar-refractivity contribution in [2.45, 2.75) is 38.1 Å². The fourth-order valence-electron chi connectivity index (χ4n) is 5.95. The highest BCUT2D eigenvalue weighted by Crippen LogP contribution is 2.52. The van der Waals surface area contributed by atoms with Gasteiger partial charge in [-0.1, -0.05) is 86.2 Å². The lowest BCUT2D eigenvalue weighted by molar-refractivity contribution is 0.0953. The molecule has 3 unspecified atom stereocenters. The van der Waals surface area contributed by atoms with Gasteiger partial charge in [-0.05, 0) is 63.6 Å². The van der Waals surface area contributed by atoms with Crippen LogP contribution in [-0.2, 0) is 0 Å². The molecule has 1 aliphatic carbocycles. The van der Waals surface area contributed by atoms with Crippen molar-refractivity contribution in [3.05, 3.63) is 102 Å². The number of hydrogen-bond donors (Lipinski definition) is 2. The average molecular weight is 447 g/mol. The highest BCUT2D eigenvalue weighted by Gasteiger charge is 2.40. The maximum absolute atomic E-state index is 13.2. The zero-order valence-corrected chi connectivity index (χ0v) is 19.6. The van der Waals surface area contributed by atoms with Crippen LogP contribution in [0.25, 0.3) is 21.5 Å². The topological polar surface area (TPSA) is 41.1 Å². The molecule has 3 heteroatoms. The Morgan fingerprint density at radius 3 is 2.44 bits per heavy atom. The maximum Gasteiger partial charge on any atom is 0.253 e. The van der Waals surface area contributed by atoms with E-state index in [0.29, 0.717) is 18.4 Å². The van der Waals surface area contributed by atoms with Gasteiger partial charge in [-0.3, -0.25) is 4.79 Å². The van der Waals surface area contributed by atoms with Crippen molar-refractivity contribution in [2.75, 3.05) is 11.9 Å². The van der Waals surface area contributed by atoms with Crippen molar-refractivity contribution in [3.63, 3.8) is 0 Å². The summed E-state index contributed by atoms with van der Waals surface area (Å²) in [5, 5.41) is 12.1. The zero-order chi connectivity index (χ0) is 23.1. The Hall–Kier alpha value is -3.59. The molecule has 1 heterocycles. The van der Waals surface area contributed by atoms with Gasteiger partial charge in [-0.2, -0.15) is 0 Å². The van der Waals surface area contributed by atoms with Crippen molar-refractivity contribution < 1.29 is 4.79 Å². The predicted molar refractivity (Wildman–Crippen MR) is 141 cm³/mol. The number of nitrogens with one attached hydrogen (secondary N) is 2. The SMILES string of the molecule is CCCCNC(=O)c1cccc2c1NC(c1c3ccccc3cc3ccccc13)C1CC=CC21. The van der Waals surface area contributed by atoms with Crippen LogP contribution in [0.2, 0.25) is 0 Å². The van der Waals surface area contributed by atoms with Gasteiger partial charge >= 0.3 is 0 Å². The minimum Gasteiger partial charge on any atom is -0.377 e. The Bertz CT molecular complexity index is 1370. The van der Waals surface area contributed by atoms with Gasteiger partial charge in [0.2, 0.25) is 0 Å². The lowest BCUT2D eigenvalue weighted by Crippen LogP contribution is -2.32. The van der Waals surface area contributed by atoms with E-state index in [4.69, 9.17) is 0 Å². The number of anilines is 1. The first-order chi connectivity index (χ1) is 16.8. The van der Waals surface area contributed by atoms with E-state index in [1.165, 1.54) is 32.7 Å². The number of allylic oxidation sites excluding steroid dienone is 2. The average Bonchev–Trinajstić information content (AvgIpc) is 3.37. The molecule has 4 aromatic rings. The molecule has 2 aliphatic rings. The fraction of sp³-hybridized carbons (Fsp3) is 0.258. The van der Waals surface area contributed by atoms with Crippen molar-refractivity contribution in [3.8, 4) is 0 Å². The summed E-state index contributed by atoms with van der Waals surface area (Å²) in [5.41, 5.74) is 4.33. The second-order valence-electron chi connectivity index (χ2n) is 9.59. The van der Waals surface area contributed by atoms with Crippen LogP contribution in [0.1, 0.15) is 59.6 Å². The lowest BCUT2D eigenvalue weighted by atomic mass is 9.74. The Morgan fingerprint density at radius 1 is 0.971 bits per heavy atom. The molecule has 170 valence electrons. The Labute approximate surface area is 200 Å². The number of fused-ring (bicyclic) bond motifs is 5. The van der Waals surface area contributed by atoms with Crippen LogP contribution in [0.5, 0.6) is 0 Å². The Balaban J connectivity index is 1.52. The molecule has 6 rings (SSSR count). The lowest BCUT2D eigenvalue weighted by Gasteiger charge is -2.39. The van der Waals surface area contributed by atoms with Gasteiger partial charge in [0.05, 0.1) is 17.3 Å². The van der Waals surface area contributed by atoms with E-state index >= 15 is 0 Å². The summed E-state index contributed by atoms with van der Waals surface area (Å²) >= 11 is 0. The van der Waals surface area contributed by atoms with Gasteiger partial charge < -0.3 is 10.6 Å². The minimum absolute atomic E-state index is 0.0137. The van der Waals surface area contributed by atoms with Gasteiger partial charge in [-0.15, -0.1) is 0 Å². The van der Waals surface area contributed by atoms with Crippen LogP contribution in [0.15, 0.2) is 84.9 Å². The summed E-state index contributed by atoms with van der Waals surface area (Å²) in [6, 6.07) is 26.0. The molecule has 4 aromatic carbocycles. The van der Waals surface area contributed by atoms with Crippen molar-refractivity contribution >= 4 is 33.1 Å². The first-order valence-electron chi connectivity index (χ1n) is 12.5. The molecule has 0 bridgehead atoms. The molecule has 34 heavy (non-hydrogen) atoms. The minimum atomic E-state index is 0.0137. The number of hydrogen-bond acceptors (Lipinski definition) is 2. The molecule has 3 nitrogen and oxygen atoms in total. The quantitative estimate of drug-likeness (QED) is 0.191. The van der Waals surface area contributed by atoms with E-state index in [1.807, 2.05) is 12.1 Å². The highest BCUT2D eigenvalue weighted by molar-refractivity contribution is 6.04. The summed E-state index contributed by atoms with van der Waals surface area (Å²) in [5.74, 6) is 0.738. The molecular weight excluding hydrogens is 416 g/mol. The molecule has 0 fully saturated rings. The van der Waals surface area contributed by atoms with E-state index in [0.717, 1.165) is 30.5 Å². The largest absolute Gasteiger partial charge is 0.377 e. The number of rotatable bonds is 5.